The Hall–Kier alpha value is -2.56. The predicted octanol–water partition coefficient (Wildman–Crippen LogP) is 5.96. The Balaban J connectivity index is 0.00000304. The summed E-state index contributed by atoms with van der Waals surface area (Å²) in [6, 6.07) is 9.41. The minimum absolute atomic E-state index is 0. The molecule has 0 saturated heterocycles. The molecule has 1 aliphatic rings. The Morgan fingerprint density at radius 1 is 1.03 bits per heavy atom. The lowest BCUT2D eigenvalue weighted by Gasteiger charge is -2.19. The summed E-state index contributed by atoms with van der Waals surface area (Å²) >= 11 is 1.62. The molecule has 0 fully saturated rings. The normalized spacial score (nSPS) is 14.5. The lowest BCUT2D eigenvalue weighted by atomic mass is 10.0. The maximum Gasteiger partial charge on any atom is 0.416 e. The van der Waals surface area contributed by atoms with E-state index in [1.165, 1.54) is 23.3 Å². The number of aryl methyl sites for hydroxylation is 1. The van der Waals surface area contributed by atoms with Gasteiger partial charge in [-0.1, -0.05) is 29.1 Å². The third-order valence-electron chi connectivity index (χ3n) is 6.52. The quantitative estimate of drug-likeness (QED) is 0.223. The maximum absolute atomic E-state index is 12.8. The van der Waals surface area contributed by atoms with Crippen LogP contribution in [-0.4, -0.2) is 50.2 Å². The number of alkyl halides is 3. The molecule has 2 aromatic carbocycles. The number of benzene rings is 2. The summed E-state index contributed by atoms with van der Waals surface area (Å²) < 4.78 is 45.7. The van der Waals surface area contributed by atoms with Crippen LogP contribution in [0, 0.1) is 6.92 Å². The SMILES string of the molecule is Cc1noc2cc3c(cc12)CCN(CCCSc1nnc(-c2ccc(C(F)(F)F)cc2)n1C)CC3.Cl. The highest BCUT2D eigenvalue weighted by atomic mass is 35.5. The smallest absolute Gasteiger partial charge is 0.356 e. The van der Waals surface area contributed by atoms with E-state index in [-0.39, 0.29) is 12.4 Å². The second-order valence-corrected chi connectivity index (χ2v) is 9.93. The van der Waals surface area contributed by atoms with E-state index in [2.05, 4.69) is 32.4 Å². The molecule has 0 N–H and O–H groups in total. The van der Waals surface area contributed by atoms with Crippen LogP contribution >= 0.6 is 24.2 Å². The lowest BCUT2D eigenvalue weighted by molar-refractivity contribution is -0.137. The molecule has 0 saturated carbocycles. The number of hydrogen-bond acceptors (Lipinski definition) is 6. The largest absolute Gasteiger partial charge is 0.416 e. The molecule has 0 bridgehead atoms. The van der Waals surface area contributed by atoms with Gasteiger partial charge in [0.05, 0.1) is 11.3 Å². The van der Waals surface area contributed by atoms with E-state index >= 15 is 0 Å². The van der Waals surface area contributed by atoms with Crippen LogP contribution in [0.5, 0.6) is 0 Å². The topological polar surface area (TPSA) is 60.0 Å². The highest BCUT2D eigenvalue weighted by Crippen LogP contribution is 2.31. The van der Waals surface area contributed by atoms with Gasteiger partial charge >= 0.3 is 6.18 Å². The van der Waals surface area contributed by atoms with Gasteiger partial charge in [-0.05, 0) is 68.1 Å². The van der Waals surface area contributed by atoms with Gasteiger partial charge in [-0.15, -0.1) is 22.6 Å². The molecule has 3 heterocycles. The third kappa shape index (κ3) is 5.55. The summed E-state index contributed by atoms with van der Waals surface area (Å²) in [5.41, 5.74) is 4.48. The van der Waals surface area contributed by atoms with Gasteiger partial charge in [0.25, 0.3) is 0 Å². The van der Waals surface area contributed by atoms with Crippen LogP contribution in [0.25, 0.3) is 22.4 Å². The van der Waals surface area contributed by atoms with Crippen molar-refractivity contribution in [3.63, 3.8) is 0 Å². The van der Waals surface area contributed by atoms with Crippen molar-refractivity contribution >= 4 is 35.1 Å². The average Bonchev–Trinajstić information content (AvgIpc) is 3.31. The molecule has 0 aliphatic carbocycles. The Labute approximate surface area is 217 Å². The number of thioether (sulfide) groups is 1. The molecular formula is C25H27ClF3N5OS. The van der Waals surface area contributed by atoms with Crippen LogP contribution in [0.15, 0.2) is 46.1 Å². The number of hydrogen-bond donors (Lipinski definition) is 0. The van der Waals surface area contributed by atoms with E-state index in [4.69, 9.17) is 4.52 Å². The van der Waals surface area contributed by atoms with E-state index in [1.54, 1.807) is 11.8 Å². The zero-order valence-electron chi connectivity index (χ0n) is 20.0. The molecule has 6 nitrogen and oxygen atoms in total. The van der Waals surface area contributed by atoms with Crippen LogP contribution in [0.4, 0.5) is 13.2 Å². The Bertz CT molecular complexity index is 1340. The fraction of sp³-hybridized carbons (Fsp3) is 0.400. The van der Waals surface area contributed by atoms with Crippen molar-refractivity contribution in [1.82, 2.24) is 24.8 Å². The number of aromatic nitrogens is 4. The second-order valence-electron chi connectivity index (χ2n) is 8.87. The van der Waals surface area contributed by atoms with Crippen LogP contribution in [0.1, 0.15) is 28.8 Å². The van der Waals surface area contributed by atoms with E-state index in [1.807, 2.05) is 18.5 Å². The summed E-state index contributed by atoms with van der Waals surface area (Å²) in [6.45, 7) is 5.01. The molecule has 5 rings (SSSR count). The monoisotopic (exact) mass is 537 g/mol. The highest BCUT2D eigenvalue weighted by molar-refractivity contribution is 7.99. The minimum Gasteiger partial charge on any atom is -0.356 e. The van der Waals surface area contributed by atoms with Crippen molar-refractivity contribution in [1.29, 1.82) is 0 Å². The summed E-state index contributed by atoms with van der Waals surface area (Å²) in [5.74, 6) is 1.45. The average molecular weight is 538 g/mol. The van der Waals surface area contributed by atoms with E-state index < -0.39 is 11.7 Å². The van der Waals surface area contributed by atoms with Crippen LogP contribution in [0.3, 0.4) is 0 Å². The first-order valence-corrected chi connectivity index (χ1v) is 12.6. The predicted molar refractivity (Wildman–Crippen MR) is 137 cm³/mol. The molecule has 0 amide bonds. The summed E-state index contributed by atoms with van der Waals surface area (Å²) in [4.78, 5) is 2.50. The Morgan fingerprint density at radius 2 is 1.72 bits per heavy atom. The van der Waals surface area contributed by atoms with Crippen LogP contribution in [-0.2, 0) is 26.1 Å². The van der Waals surface area contributed by atoms with Crippen molar-refractivity contribution in [2.45, 2.75) is 37.5 Å². The summed E-state index contributed by atoms with van der Waals surface area (Å²) in [6.07, 6.45) is -1.33. The molecular weight excluding hydrogens is 511 g/mol. The number of fused-ring (bicyclic) bond motifs is 2. The molecule has 2 aromatic heterocycles. The van der Waals surface area contributed by atoms with Gasteiger partial charge < -0.3 is 14.0 Å². The number of halogens is 4. The zero-order chi connectivity index (χ0) is 24.6. The molecule has 0 radical (unpaired) electrons. The second kappa shape index (κ2) is 10.8. The third-order valence-corrected chi connectivity index (χ3v) is 7.63. The molecule has 11 heteroatoms. The molecule has 0 spiro atoms. The van der Waals surface area contributed by atoms with Gasteiger partial charge in [-0.2, -0.15) is 13.2 Å². The first kappa shape index (κ1) is 26.5. The minimum atomic E-state index is -4.35. The summed E-state index contributed by atoms with van der Waals surface area (Å²) in [5, 5.41) is 14.4. The van der Waals surface area contributed by atoms with E-state index in [9.17, 15) is 13.2 Å². The van der Waals surface area contributed by atoms with Crippen LogP contribution in [0.2, 0.25) is 0 Å². The lowest BCUT2D eigenvalue weighted by Crippen LogP contribution is -2.27. The van der Waals surface area contributed by atoms with Gasteiger partial charge in [0, 0.05) is 36.8 Å². The molecule has 0 atom stereocenters. The van der Waals surface area contributed by atoms with E-state index in [0.717, 1.165) is 78.6 Å². The van der Waals surface area contributed by atoms with Gasteiger partial charge in [0.15, 0.2) is 16.6 Å². The van der Waals surface area contributed by atoms with E-state index in [0.29, 0.717) is 11.4 Å². The fourth-order valence-corrected chi connectivity index (χ4v) is 5.34. The van der Waals surface area contributed by atoms with Crippen molar-refractivity contribution in [3.05, 3.63) is 58.8 Å². The maximum atomic E-state index is 12.8. The fourth-order valence-electron chi connectivity index (χ4n) is 4.50. The molecule has 4 aromatic rings. The van der Waals surface area contributed by atoms with Gasteiger partial charge in [-0.3, -0.25) is 0 Å². The first-order valence-electron chi connectivity index (χ1n) is 11.6. The van der Waals surface area contributed by atoms with Crippen molar-refractivity contribution in [2.75, 3.05) is 25.4 Å². The number of rotatable bonds is 6. The Morgan fingerprint density at radius 3 is 2.42 bits per heavy atom. The van der Waals surface area contributed by atoms with Crippen molar-refractivity contribution < 1.29 is 17.7 Å². The molecule has 36 heavy (non-hydrogen) atoms. The van der Waals surface area contributed by atoms with Crippen molar-refractivity contribution in [2.24, 2.45) is 7.05 Å². The van der Waals surface area contributed by atoms with Gasteiger partial charge in [-0.25, -0.2) is 0 Å². The highest BCUT2D eigenvalue weighted by Gasteiger charge is 2.30. The first-order chi connectivity index (χ1) is 16.8. The number of nitrogens with zero attached hydrogens (tertiary/aromatic N) is 5. The standard InChI is InChI=1S/C25H26F3N5OS.ClH/c1-16-21-14-18-8-11-33(12-9-19(18)15-22(21)34-31-16)10-3-13-35-24-30-29-23(32(24)2)17-4-6-20(7-5-17)25(26,27)28;/h4-7,14-15H,3,8-13H2,1-2H3;1H. The van der Waals surface area contributed by atoms with Crippen molar-refractivity contribution in [3.8, 4) is 11.4 Å². The summed E-state index contributed by atoms with van der Waals surface area (Å²) in [7, 11) is 1.84. The van der Waals surface area contributed by atoms with Gasteiger partial charge in [0.1, 0.15) is 0 Å². The van der Waals surface area contributed by atoms with Crippen LogP contribution < -0.4 is 0 Å². The molecule has 192 valence electrons. The molecule has 1 aliphatic heterocycles. The molecule has 0 unspecified atom stereocenters. The Kier molecular flexibility index (Phi) is 7.96. The zero-order valence-corrected chi connectivity index (χ0v) is 21.6. The van der Waals surface area contributed by atoms with Gasteiger partial charge in [0.2, 0.25) is 0 Å².